The Kier molecular flexibility index (Phi) is 5.89. The molecule has 0 heterocycles. The van der Waals surface area contributed by atoms with E-state index in [2.05, 4.69) is 23.9 Å². The molecule has 1 fully saturated rings. The summed E-state index contributed by atoms with van der Waals surface area (Å²) in [6.07, 6.45) is 4.20. The van der Waals surface area contributed by atoms with E-state index < -0.39 is 10.0 Å². The number of nitrogens with one attached hydrogen (secondary N) is 2. The lowest BCUT2D eigenvalue weighted by molar-refractivity contribution is 0.524. The Bertz CT molecular complexity index is 310. The first-order valence-electron chi connectivity index (χ1n) is 6.62. The van der Waals surface area contributed by atoms with Crippen molar-refractivity contribution < 1.29 is 8.42 Å². The van der Waals surface area contributed by atoms with Gasteiger partial charge in [-0.3, -0.25) is 0 Å². The molecular formula is C12H26N2O2S. The van der Waals surface area contributed by atoms with Crippen LogP contribution in [0.3, 0.4) is 0 Å². The Morgan fingerprint density at radius 2 is 1.88 bits per heavy atom. The fourth-order valence-electron chi connectivity index (χ4n) is 1.92. The van der Waals surface area contributed by atoms with E-state index in [9.17, 15) is 8.42 Å². The van der Waals surface area contributed by atoms with Gasteiger partial charge in [0.05, 0.1) is 5.75 Å². The first-order chi connectivity index (χ1) is 7.89. The Morgan fingerprint density at radius 3 is 2.41 bits per heavy atom. The lowest BCUT2D eigenvalue weighted by Gasteiger charge is -2.14. The van der Waals surface area contributed by atoms with Gasteiger partial charge in [-0.2, -0.15) is 0 Å². The molecule has 1 aliphatic rings. The molecule has 1 rings (SSSR count). The van der Waals surface area contributed by atoms with Crippen LogP contribution in [0.15, 0.2) is 0 Å². The van der Waals surface area contributed by atoms with E-state index in [4.69, 9.17) is 0 Å². The van der Waals surface area contributed by atoms with Crippen LogP contribution in [-0.2, 0) is 10.0 Å². The van der Waals surface area contributed by atoms with Gasteiger partial charge in [-0.15, -0.1) is 0 Å². The third kappa shape index (κ3) is 7.73. The minimum absolute atomic E-state index is 0.0885. The van der Waals surface area contributed by atoms with Gasteiger partial charge < -0.3 is 5.32 Å². The molecule has 0 amide bonds. The number of sulfonamides is 1. The molecule has 0 aromatic carbocycles. The summed E-state index contributed by atoms with van der Waals surface area (Å²) in [5.74, 6) is 0.983. The molecule has 0 saturated heterocycles. The maximum Gasteiger partial charge on any atom is 0.211 e. The van der Waals surface area contributed by atoms with E-state index in [1.165, 1.54) is 12.8 Å². The van der Waals surface area contributed by atoms with Crippen LogP contribution in [0.2, 0.25) is 0 Å². The predicted molar refractivity (Wildman–Crippen MR) is 71.5 cm³/mol. The second kappa shape index (κ2) is 6.71. The molecule has 4 nitrogen and oxygen atoms in total. The molecule has 1 saturated carbocycles. The average molecular weight is 262 g/mol. The second-order valence-electron chi connectivity index (χ2n) is 5.48. The molecule has 102 valence electrons. The van der Waals surface area contributed by atoms with Crippen LogP contribution in [0.25, 0.3) is 0 Å². The summed E-state index contributed by atoms with van der Waals surface area (Å²) < 4.78 is 26.3. The van der Waals surface area contributed by atoms with Crippen molar-refractivity contribution in [3.05, 3.63) is 0 Å². The summed E-state index contributed by atoms with van der Waals surface area (Å²) in [7, 11) is -3.09. The molecule has 1 aliphatic carbocycles. The van der Waals surface area contributed by atoms with Gasteiger partial charge >= 0.3 is 0 Å². The molecule has 1 atom stereocenters. The molecule has 0 aromatic rings. The molecule has 0 radical (unpaired) electrons. The smallest absolute Gasteiger partial charge is 0.211 e. The summed E-state index contributed by atoms with van der Waals surface area (Å²) in [5, 5.41) is 3.22. The average Bonchev–Trinajstić information content (AvgIpc) is 2.95. The number of rotatable bonds is 9. The highest BCUT2D eigenvalue weighted by Crippen LogP contribution is 2.33. The van der Waals surface area contributed by atoms with Crippen LogP contribution in [0.5, 0.6) is 0 Å². The zero-order valence-electron chi connectivity index (χ0n) is 11.2. The van der Waals surface area contributed by atoms with Crippen molar-refractivity contribution in [3.63, 3.8) is 0 Å². The van der Waals surface area contributed by atoms with Crippen molar-refractivity contribution in [2.75, 3.05) is 12.3 Å². The van der Waals surface area contributed by atoms with Gasteiger partial charge in [-0.05, 0) is 32.2 Å². The molecular weight excluding hydrogens is 236 g/mol. The highest BCUT2D eigenvalue weighted by Gasteiger charge is 2.25. The Balaban J connectivity index is 2.15. The minimum atomic E-state index is -3.09. The first kappa shape index (κ1) is 14.9. The molecule has 0 spiro atoms. The van der Waals surface area contributed by atoms with Crippen molar-refractivity contribution in [2.24, 2.45) is 5.92 Å². The zero-order chi connectivity index (χ0) is 12.9. The lowest BCUT2D eigenvalue weighted by Crippen LogP contribution is -2.35. The molecule has 1 unspecified atom stereocenters. The van der Waals surface area contributed by atoms with Crippen molar-refractivity contribution in [3.8, 4) is 0 Å². The first-order valence-corrected chi connectivity index (χ1v) is 8.27. The molecule has 0 aliphatic heterocycles. The highest BCUT2D eigenvalue weighted by atomic mass is 32.2. The third-order valence-electron chi connectivity index (χ3n) is 2.91. The molecule has 0 aromatic heterocycles. The highest BCUT2D eigenvalue weighted by molar-refractivity contribution is 7.89. The van der Waals surface area contributed by atoms with E-state index >= 15 is 0 Å². The zero-order valence-corrected chi connectivity index (χ0v) is 12.0. The van der Waals surface area contributed by atoms with Crippen molar-refractivity contribution in [1.82, 2.24) is 10.0 Å². The number of hydrogen-bond donors (Lipinski definition) is 2. The Labute approximate surface area is 106 Å². The standard InChI is InChI=1S/C12H26N2O2S/c1-10(2)13-7-4-8-17(15,16)14-11(3)9-12-5-6-12/h10-14H,4-9H2,1-3H3. The van der Waals surface area contributed by atoms with Crippen LogP contribution in [0, 0.1) is 5.92 Å². The van der Waals surface area contributed by atoms with Crippen LogP contribution < -0.4 is 10.0 Å². The largest absolute Gasteiger partial charge is 0.314 e. The van der Waals surface area contributed by atoms with E-state index in [0.717, 1.165) is 18.9 Å². The van der Waals surface area contributed by atoms with Gasteiger partial charge in [0.15, 0.2) is 0 Å². The normalized spacial score (nSPS) is 18.6. The number of hydrogen-bond acceptors (Lipinski definition) is 3. The molecule has 5 heteroatoms. The maximum absolute atomic E-state index is 11.7. The van der Waals surface area contributed by atoms with Crippen molar-refractivity contribution >= 4 is 10.0 Å². The maximum atomic E-state index is 11.7. The van der Waals surface area contributed by atoms with Crippen molar-refractivity contribution in [1.29, 1.82) is 0 Å². The summed E-state index contributed by atoms with van der Waals surface area (Å²) in [6.45, 7) is 6.84. The lowest BCUT2D eigenvalue weighted by atomic mass is 10.2. The second-order valence-corrected chi connectivity index (χ2v) is 7.35. The SMILES string of the molecule is CC(C)NCCCS(=O)(=O)NC(C)CC1CC1. The Morgan fingerprint density at radius 1 is 1.24 bits per heavy atom. The quantitative estimate of drug-likeness (QED) is 0.619. The van der Waals surface area contributed by atoms with Gasteiger partial charge in [0, 0.05) is 12.1 Å². The van der Waals surface area contributed by atoms with E-state index in [0.29, 0.717) is 12.5 Å². The minimum Gasteiger partial charge on any atom is -0.314 e. The fraction of sp³-hybridized carbons (Fsp3) is 1.00. The summed E-state index contributed by atoms with van der Waals surface area (Å²) >= 11 is 0. The fourth-order valence-corrected chi connectivity index (χ4v) is 3.27. The Hall–Kier alpha value is -0.130. The summed E-state index contributed by atoms with van der Waals surface area (Å²) in [6, 6.07) is 0.505. The molecule has 2 N–H and O–H groups in total. The summed E-state index contributed by atoms with van der Waals surface area (Å²) in [5.41, 5.74) is 0. The monoisotopic (exact) mass is 262 g/mol. The van der Waals surface area contributed by atoms with Crippen LogP contribution in [0.1, 0.15) is 46.5 Å². The van der Waals surface area contributed by atoms with Crippen LogP contribution in [0.4, 0.5) is 0 Å². The third-order valence-corrected chi connectivity index (χ3v) is 4.49. The molecule has 0 bridgehead atoms. The van der Waals surface area contributed by atoms with Gasteiger partial charge in [0.25, 0.3) is 0 Å². The topological polar surface area (TPSA) is 58.2 Å². The van der Waals surface area contributed by atoms with E-state index in [1.54, 1.807) is 0 Å². The van der Waals surface area contributed by atoms with Gasteiger partial charge in [0.1, 0.15) is 0 Å². The van der Waals surface area contributed by atoms with Crippen LogP contribution >= 0.6 is 0 Å². The van der Waals surface area contributed by atoms with E-state index in [1.807, 2.05) is 6.92 Å². The van der Waals surface area contributed by atoms with Gasteiger partial charge in [-0.25, -0.2) is 13.1 Å². The summed E-state index contributed by atoms with van der Waals surface area (Å²) in [4.78, 5) is 0. The van der Waals surface area contributed by atoms with E-state index in [-0.39, 0.29) is 11.8 Å². The van der Waals surface area contributed by atoms with Crippen molar-refractivity contribution in [2.45, 2.75) is 58.5 Å². The van der Waals surface area contributed by atoms with Gasteiger partial charge in [0.2, 0.25) is 10.0 Å². The molecule has 17 heavy (non-hydrogen) atoms. The van der Waals surface area contributed by atoms with Gasteiger partial charge in [-0.1, -0.05) is 26.7 Å². The predicted octanol–water partition coefficient (Wildman–Crippen LogP) is 1.48. The van der Waals surface area contributed by atoms with Crippen LogP contribution in [-0.4, -0.2) is 32.8 Å².